The lowest BCUT2D eigenvalue weighted by Gasteiger charge is -2.25. The highest BCUT2D eigenvalue weighted by molar-refractivity contribution is 9.10. The van der Waals surface area contributed by atoms with Crippen LogP contribution in [0.1, 0.15) is 40.9 Å². The van der Waals surface area contributed by atoms with Gasteiger partial charge in [0.25, 0.3) is 5.56 Å². The number of halogens is 2. The highest BCUT2D eigenvalue weighted by Crippen LogP contribution is 2.35. The minimum absolute atomic E-state index is 0.147. The van der Waals surface area contributed by atoms with Gasteiger partial charge in [0.15, 0.2) is 4.80 Å². The van der Waals surface area contributed by atoms with E-state index in [0.717, 1.165) is 32.2 Å². The van der Waals surface area contributed by atoms with Crippen LogP contribution in [0.5, 0.6) is 0 Å². The number of aromatic nitrogens is 2. The molecule has 0 saturated carbocycles. The number of benzene rings is 4. The first-order chi connectivity index (χ1) is 22.8. The SMILES string of the molecule is CCOC(=O)C1=C(c2ccccc2)N=c2s/c(=C\c3c(C)n(Cc4ccc(Br)cc4)c4ccccc34)c(=O)n2[C@@H]1c1ccc(F)cc1. The first kappa shape index (κ1) is 30.8. The summed E-state index contributed by atoms with van der Waals surface area (Å²) in [5.41, 5.74) is 5.83. The Morgan fingerprint density at radius 3 is 2.40 bits per heavy atom. The molecule has 0 saturated heterocycles. The Balaban J connectivity index is 1.47. The molecule has 1 aliphatic heterocycles. The second kappa shape index (κ2) is 12.7. The molecule has 9 heteroatoms. The van der Waals surface area contributed by atoms with Crippen molar-refractivity contribution in [2.45, 2.75) is 26.4 Å². The number of rotatable bonds is 7. The molecule has 1 atom stereocenters. The second-order valence-electron chi connectivity index (χ2n) is 11.2. The number of thiazole rings is 1. The van der Waals surface area contributed by atoms with Crippen LogP contribution >= 0.6 is 27.3 Å². The summed E-state index contributed by atoms with van der Waals surface area (Å²) in [4.78, 5) is 33.5. The lowest BCUT2D eigenvalue weighted by molar-refractivity contribution is -0.138. The van der Waals surface area contributed by atoms with Crippen LogP contribution < -0.4 is 14.9 Å². The van der Waals surface area contributed by atoms with Gasteiger partial charge in [0, 0.05) is 38.7 Å². The predicted octanol–water partition coefficient (Wildman–Crippen LogP) is 7.15. The van der Waals surface area contributed by atoms with Gasteiger partial charge in [-0.1, -0.05) is 100 Å². The van der Waals surface area contributed by atoms with E-state index in [9.17, 15) is 14.0 Å². The van der Waals surface area contributed by atoms with Crippen LogP contribution in [0.3, 0.4) is 0 Å². The van der Waals surface area contributed by atoms with Gasteiger partial charge in [-0.25, -0.2) is 14.2 Å². The van der Waals surface area contributed by atoms with E-state index in [-0.39, 0.29) is 17.7 Å². The van der Waals surface area contributed by atoms with Crippen LogP contribution in [0.4, 0.5) is 4.39 Å². The van der Waals surface area contributed by atoms with Gasteiger partial charge in [-0.05, 0) is 61.4 Å². The summed E-state index contributed by atoms with van der Waals surface area (Å²) >= 11 is 4.79. The number of hydrogen-bond donors (Lipinski definition) is 0. The van der Waals surface area contributed by atoms with Gasteiger partial charge in [0.1, 0.15) is 5.82 Å². The number of nitrogens with zero attached hydrogens (tertiary/aromatic N) is 3. The average molecular weight is 707 g/mol. The molecule has 0 aliphatic carbocycles. The lowest BCUT2D eigenvalue weighted by atomic mass is 9.93. The van der Waals surface area contributed by atoms with Gasteiger partial charge in [-0.15, -0.1) is 0 Å². The van der Waals surface area contributed by atoms with E-state index in [1.54, 1.807) is 23.6 Å². The Morgan fingerprint density at radius 1 is 0.979 bits per heavy atom. The first-order valence-electron chi connectivity index (χ1n) is 15.2. The number of hydrogen-bond acceptors (Lipinski definition) is 5. The zero-order valence-corrected chi connectivity index (χ0v) is 28.0. The van der Waals surface area contributed by atoms with Crippen molar-refractivity contribution in [2.24, 2.45) is 4.99 Å². The minimum Gasteiger partial charge on any atom is -0.463 e. The molecule has 47 heavy (non-hydrogen) atoms. The summed E-state index contributed by atoms with van der Waals surface area (Å²) in [6.07, 6.45) is 1.93. The molecule has 6 nitrogen and oxygen atoms in total. The standard InChI is InChI=1S/C38H29BrFN3O3S/c1-3-46-37(45)33-34(25-9-5-4-6-10-25)41-38-43(35(33)26-15-19-28(40)20-16-26)36(44)32(47-38)21-30-23(2)42(31-12-8-7-11-29(30)31)22-24-13-17-27(39)18-14-24/h4-21,35H,3,22H2,1-2H3/b32-21-/t35-/m1/s1. The molecule has 0 unspecified atom stereocenters. The Kier molecular flexibility index (Phi) is 8.34. The Bertz CT molecular complexity index is 2360. The van der Waals surface area contributed by atoms with Crippen molar-refractivity contribution in [3.8, 4) is 0 Å². The summed E-state index contributed by atoms with van der Waals surface area (Å²) in [6, 6.07) is 30.8. The van der Waals surface area contributed by atoms with Crippen LogP contribution in [-0.2, 0) is 16.1 Å². The van der Waals surface area contributed by atoms with E-state index in [0.29, 0.717) is 32.7 Å². The first-order valence-corrected chi connectivity index (χ1v) is 16.8. The summed E-state index contributed by atoms with van der Waals surface area (Å²) in [6.45, 7) is 4.62. The molecule has 7 rings (SSSR count). The van der Waals surface area contributed by atoms with Gasteiger partial charge >= 0.3 is 5.97 Å². The Labute approximate surface area is 282 Å². The van der Waals surface area contributed by atoms with Crippen LogP contribution in [0.25, 0.3) is 22.7 Å². The number of esters is 1. The third kappa shape index (κ3) is 5.70. The Hall–Kier alpha value is -4.86. The summed E-state index contributed by atoms with van der Waals surface area (Å²) < 4.78 is 24.9. The summed E-state index contributed by atoms with van der Waals surface area (Å²) in [5, 5.41) is 1.03. The Morgan fingerprint density at radius 2 is 1.68 bits per heavy atom. The van der Waals surface area contributed by atoms with E-state index in [4.69, 9.17) is 9.73 Å². The normalized spacial score (nSPS) is 14.7. The molecular formula is C38H29BrFN3O3S. The monoisotopic (exact) mass is 705 g/mol. The molecule has 4 aromatic carbocycles. The van der Waals surface area contributed by atoms with E-state index in [1.807, 2.05) is 60.7 Å². The largest absolute Gasteiger partial charge is 0.463 e. The van der Waals surface area contributed by atoms with Gasteiger partial charge in [-0.3, -0.25) is 9.36 Å². The van der Waals surface area contributed by atoms with Crippen LogP contribution in [0, 0.1) is 12.7 Å². The van der Waals surface area contributed by atoms with Gasteiger partial charge < -0.3 is 9.30 Å². The number of carbonyl (C=O) groups is 1. The van der Waals surface area contributed by atoms with Crippen molar-refractivity contribution in [1.82, 2.24) is 9.13 Å². The van der Waals surface area contributed by atoms with Gasteiger partial charge in [0.2, 0.25) is 0 Å². The average Bonchev–Trinajstić information content (AvgIpc) is 3.54. The fourth-order valence-corrected chi connectivity index (χ4v) is 7.40. The maximum atomic E-state index is 14.4. The number of ether oxygens (including phenoxy) is 1. The highest BCUT2D eigenvalue weighted by Gasteiger charge is 2.35. The maximum absolute atomic E-state index is 14.4. The lowest BCUT2D eigenvalue weighted by Crippen LogP contribution is -2.40. The number of carbonyl (C=O) groups excluding carboxylic acids is 1. The van der Waals surface area contributed by atoms with Crippen molar-refractivity contribution in [2.75, 3.05) is 6.61 Å². The summed E-state index contributed by atoms with van der Waals surface area (Å²) in [5.74, 6) is -0.994. The maximum Gasteiger partial charge on any atom is 0.338 e. The fraction of sp³-hybridized carbons (Fsp3) is 0.132. The van der Waals surface area contributed by atoms with E-state index >= 15 is 0 Å². The van der Waals surface area contributed by atoms with Crippen molar-refractivity contribution in [3.63, 3.8) is 0 Å². The van der Waals surface area contributed by atoms with Crippen LogP contribution in [0.2, 0.25) is 0 Å². The zero-order valence-electron chi connectivity index (χ0n) is 25.6. The molecule has 0 amide bonds. The molecule has 0 radical (unpaired) electrons. The molecule has 0 spiro atoms. The quantitative estimate of drug-likeness (QED) is 0.166. The van der Waals surface area contributed by atoms with Crippen LogP contribution in [-0.4, -0.2) is 21.7 Å². The molecule has 1 aliphatic rings. The van der Waals surface area contributed by atoms with E-state index in [2.05, 4.69) is 51.7 Å². The van der Waals surface area contributed by atoms with E-state index < -0.39 is 17.8 Å². The molecule has 234 valence electrons. The van der Waals surface area contributed by atoms with Gasteiger partial charge in [0.05, 0.1) is 28.5 Å². The van der Waals surface area contributed by atoms with Crippen molar-refractivity contribution < 1.29 is 13.9 Å². The third-order valence-electron chi connectivity index (χ3n) is 8.37. The predicted molar refractivity (Wildman–Crippen MR) is 187 cm³/mol. The highest BCUT2D eigenvalue weighted by atomic mass is 79.9. The number of fused-ring (bicyclic) bond motifs is 2. The molecule has 3 heterocycles. The third-order valence-corrected chi connectivity index (χ3v) is 9.88. The van der Waals surface area contributed by atoms with Gasteiger partial charge in [-0.2, -0.15) is 0 Å². The molecule has 6 aromatic rings. The smallest absolute Gasteiger partial charge is 0.338 e. The summed E-state index contributed by atoms with van der Waals surface area (Å²) in [7, 11) is 0. The van der Waals surface area contributed by atoms with Crippen molar-refractivity contribution in [3.05, 3.63) is 167 Å². The molecule has 2 aromatic heterocycles. The molecule has 0 N–H and O–H groups in total. The van der Waals surface area contributed by atoms with Crippen molar-refractivity contribution in [1.29, 1.82) is 0 Å². The topological polar surface area (TPSA) is 65.6 Å². The molecule has 0 bridgehead atoms. The minimum atomic E-state index is -0.872. The van der Waals surface area contributed by atoms with E-state index in [1.165, 1.54) is 23.5 Å². The molecular weight excluding hydrogens is 677 g/mol. The zero-order chi connectivity index (χ0) is 32.7. The molecule has 0 fully saturated rings. The van der Waals surface area contributed by atoms with Crippen molar-refractivity contribution >= 4 is 55.9 Å². The fourth-order valence-electron chi connectivity index (χ4n) is 6.15. The number of para-hydroxylation sites is 1. The second-order valence-corrected chi connectivity index (χ2v) is 13.1. The van der Waals surface area contributed by atoms with Crippen LogP contribution in [0.15, 0.2) is 123 Å².